The van der Waals surface area contributed by atoms with Gasteiger partial charge in [0, 0.05) is 28.1 Å². The number of hydrogen-bond donors (Lipinski definition) is 1. The van der Waals surface area contributed by atoms with Gasteiger partial charge in [-0.15, -0.1) is 0 Å². The minimum absolute atomic E-state index is 0.511. The molecule has 6 heteroatoms. The van der Waals surface area contributed by atoms with Crippen LogP contribution in [-0.2, 0) is 18.4 Å². The van der Waals surface area contributed by atoms with Crippen LogP contribution >= 0.6 is 15.9 Å². The Hall–Kier alpha value is -3.06. The summed E-state index contributed by atoms with van der Waals surface area (Å²) in [6.45, 7) is 0.699. The van der Waals surface area contributed by atoms with Gasteiger partial charge in [-0.05, 0) is 97.6 Å². The van der Waals surface area contributed by atoms with Gasteiger partial charge in [0.2, 0.25) is 0 Å². The van der Waals surface area contributed by atoms with Gasteiger partial charge < -0.3 is 24.2 Å². The van der Waals surface area contributed by atoms with Gasteiger partial charge >= 0.3 is 0 Å². The van der Waals surface area contributed by atoms with Crippen molar-refractivity contribution in [3.63, 3.8) is 0 Å². The van der Waals surface area contributed by atoms with Crippen molar-refractivity contribution >= 4 is 26.7 Å². The van der Waals surface area contributed by atoms with Crippen molar-refractivity contribution in [2.75, 3.05) is 42.0 Å². The van der Waals surface area contributed by atoms with Gasteiger partial charge in [0.15, 0.2) is 11.5 Å². The molecule has 0 saturated heterocycles. The molecule has 1 N–H and O–H groups in total. The monoisotopic (exact) mass is 603 g/mol. The third kappa shape index (κ3) is 5.20. The van der Waals surface area contributed by atoms with Crippen molar-refractivity contribution in [1.82, 2.24) is 4.90 Å². The Bertz CT molecular complexity index is 1520. The second kappa shape index (κ2) is 11.8. The van der Waals surface area contributed by atoms with Crippen LogP contribution in [0.25, 0.3) is 10.8 Å². The van der Waals surface area contributed by atoms with E-state index >= 15 is 0 Å². The number of rotatable bonds is 10. The molecule has 0 bridgehead atoms. The fraction of sp³-hybridized carbons (Fsp3) is 0.353. The van der Waals surface area contributed by atoms with Gasteiger partial charge in [-0.25, -0.2) is 0 Å². The number of halogens is 1. The molecule has 0 spiro atoms. The van der Waals surface area contributed by atoms with Crippen molar-refractivity contribution < 1.29 is 19.3 Å². The Morgan fingerprint density at radius 2 is 1.62 bits per heavy atom. The van der Waals surface area contributed by atoms with E-state index in [0.29, 0.717) is 24.5 Å². The Balaban J connectivity index is 1.88. The number of methoxy groups -OCH3 is 3. The normalized spacial score (nSPS) is 15.1. The van der Waals surface area contributed by atoms with Crippen LogP contribution in [0.1, 0.15) is 46.6 Å². The van der Waals surface area contributed by atoms with E-state index in [-0.39, 0.29) is 0 Å². The number of ether oxygens (including phenoxy) is 3. The summed E-state index contributed by atoms with van der Waals surface area (Å²) in [4.78, 5) is 2.13. The molecule has 0 heterocycles. The Morgan fingerprint density at radius 1 is 0.850 bits per heavy atom. The van der Waals surface area contributed by atoms with Crippen molar-refractivity contribution in [3.05, 3.63) is 99.0 Å². The van der Waals surface area contributed by atoms with E-state index in [4.69, 9.17) is 14.2 Å². The summed E-state index contributed by atoms with van der Waals surface area (Å²) >= 11 is 3.64. The van der Waals surface area contributed by atoms with Gasteiger partial charge in [0.25, 0.3) is 0 Å². The van der Waals surface area contributed by atoms with E-state index in [2.05, 4.69) is 63.3 Å². The summed E-state index contributed by atoms with van der Waals surface area (Å²) in [5, 5.41) is 15.4. The molecule has 1 aliphatic carbocycles. The molecule has 4 aromatic rings. The van der Waals surface area contributed by atoms with Crippen LogP contribution < -0.4 is 14.2 Å². The highest BCUT2D eigenvalue weighted by molar-refractivity contribution is 9.10. The largest absolute Gasteiger partial charge is 0.496 e. The zero-order valence-corrected chi connectivity index (χ0v) is 25.5. The number of hydrogen-bond acceptors (Lipinski definition) is 5. The van der Waals surface area contributed by atoms with E-state index < -0.39 is 11.5 Å². The van der Waals surface area contributed by atoms with Crippen molar-refractivity contribution in [2.24, 2.45) is 0 Å². The zero-order valence-electron chi connectivity index (χ0n) is 24.0. The topological polar surface area (TPSA) is 51.2 Å². The fourth-order valence-electron chi connectivity index (χ4n) is 6.34. The molecule has 0 fully saturated rings. The molecule has 5 rings (SSSR count). The summed E-state index contributed by atoms with van der Waals surface area (Å²) in [5.41, 5.74) is 4.05. The van der Waals surface area contributed by atoms with Gasteiger partial charge in [-0.1, -0.05) is 52.3 Å². The van der Waals surface area contributed by atoms with Crippen LogP contribution in [0.5, 0.6) is 17.2 Å². The summed E-state index contributed by atoms with van der Waals surface area (Å²) in [5.74, 6) is 1.45. The minimum atomic E-state index is -1.27. The number of benzene rings is 4. The highest BCUT2D eigenvalue weighted by Gasteiger charge is 2.45. The van der Waals surface area contributed by atoms with Crippen LogP contribution in [0.15, 0.2) is 71.2 Å². The number of fused-ring (bicyclic) bond motifs is 2. The van der Waals surface area contributed by atoms with Crippen LogP contribution in [-0.4, -0.2) is 52.0 Å². The van der Waals surface area contributed by atoms with Gasteiger partial charge in [-0.2, -0.15) is 0 Å². The lowest BCUT2D eigenvalue weighted by molar-refractivity contribution is 0.00257. The number of para-hydroxylation sites is 1. The molecular formula is C34H38BrNO4. The highest BCUT2D eigenvalue weighted by Crippen LogP contribution is 2.53. The molecular weight excluding hydrogens is 566 g/mol. The van der Waals surface area contributed by atoms with Crippen LogP contribution in [0.4, 0.5) is 0 Å². The SMILES string of the molecule is COc1cc2ccc(Br)cc2cc1[C@@H](c1cccc(OC)c1OC)[C@@](O)(CCN(C)C)c1cccc2c1CCC2. The predicted molar refractivity (Wildman–Crippen MR) is 165 cm³/mol. The fourth-order valence-corrected chi connectivity index (χ4v) is 6.72. The van der Waals surface area contributed by atoms with Gasteiger partial charge in [0.05, 0.1) is 21.3 Å². The lowest BCUT2D eigenvalue weighted by Crippen LogP contribution is -2.38. The molecule has 0 radical (unpaired) electrons. The van der Waals surface area contributed by atoms with E-state index in [1.165, 1.54) is 11.1 Å². The number of aryl methyl sites for hydroxylation is 1. The molecule has 0 amide bonds. The zero-order chi connectivity index (χ0) is 28.4. The predicted octanol–water partition coefficient (Wildman–Crippen LogP) is 7.09. The maximum atomic E-state index is 13.3. The average molecular weight is 605 g/mol. The van der Waals surface area contributed by atoms with E-state index in [9.17, 15) is 5.11 Å². The Morgan fingerprint density at radius 3 is 2.35 bits per heavy atom. The second-order valence-electron chi connectivity index (χ2n) is 10.9. The Labute approximate surface area is 245 Å². The van der Waals surface area contributed by atoms with E-state index in [0.717, 1.165) is 56.9 Å². The van der Waals surface area contributed by atoms with Crippen molar-refractivity contribution in [2.45, 2.75) is 37.2 Å². The van der Waals surface area contributed by atoms with Gasteiger partial charge in [0.1, 0.15) is 11.4 Å². The first-order valence-electron chi connectivity index (χ1n) is 13.8. The molecule has 0 aliphatic heterocycles. The lowest BCUT2D eigenvalue weighted by Gasteiger charge is -2.40. The third-order valence-electron chi connectivity index (χ3n) is 8.24. The smallest absolute Gasteiger partial charge is 0.164 e. The molecule has 4 aromatic carbocycles. The van der Waals surface area contributed by atoms with Crippen LogP contribution in [0.3, 0.4) is 0 Å². The molecule has 5 nitrogen and oxygen atoms in total. The molecule has 0 saturated carbocycles. The average Bonchev–Trinajstić information content (AvgIpc) is 3.44. The molecule has 0 aromatic heterocycles. The molecule has 2 atom stereocenters. The Kier molecular flexibility index (Phi) is 8.41. The highest BCUT2D eigenvalue weighted by atomic mass is 79.9. The molecule has 1 aliphatic rings. The summed E-state index contributed by atoms with van der Waals surface area (Å²) in [6, 6.07) is 22.8. The molecule has 210 valence electrons. The second-order valence-corrected chi connectivity index (χ2v) is 11.8. The number of nitrogens with zero attached hydrogens (tertiary/aromatic N) is 1. The first kappa shape index (κ1) is 28.5. The molecule has 0 unspecified atom stereocenters. The number of aliphatic hydroxyl groups is 1. The van der Waals surface area contributed by atoms with Crippen LogP contribution in [0.2, 0.25) is 0 Å². The van der Waals surface area contributed by atoms with Crippen molar-refractivity contribution in [1.29, 1.82) is 0 Å². The quantitative estimate of drug-likeness (QED) is 0.210. The van der Waals surface area contributed by atoms with Gasteiger partial charge in [-0.3, -0.25) is 0 Å². The minimum Gasteiger partial charge on any atom is -0.496 e. The summed E-state index contributed by atoms with van der Waals surface area (Å²) in [7, 11) is 9.10. The maximum Gasteiger partial charge on any atom is 0.164 e. The first-order chi connectivity index (χ1) is 19.3. The van der Waals surface area contributed by atoms with E-state index in [1.54, 1.807) is 21.3 Å². The molecule has 40 heavy (non-hydrogen) atoms. The first-order valence-corrected chi connectivity index (χ1v) is 14.6. The van der Waals surface area contributed by atoms with Crippen molar-refractivity contribution in [3.8, 4) is 17.2 Å². The lowest BCUT2D eigenvalue weighted by atomic mass is 9.69. The summed E-state index contributed by atoms with van der Waals surface area (Å²) in [6.07, 6.45) is 3.60. The third-order valence-corrected chi connectivity index (χ3v) is 8.73. The standard InChI is InChI=1S/C34H38BrNO4/c1-36(2)18-17-34(37,29-13-7-10-22-9-6-11-26(22)29)32(27-12-8-14-30(38-3)33(27)40-5)28-20-24-19-25(35)16-15-23(24)21-31(28)39-4/h7-8,10,12-16,19-21,32,37H,6,9,11,17-18H2,1-5H3/t32-,34-/m1/s1. The van der Waals surface area contributed by atoms with E-state index in [1.807, 2.05) is 38.4 Å². The maximum absolute atomic E-state index is 13.3. The van der Waals surface area contributed by atoms with Crippen LogP contribution in [0, 0.1) is 0 Å². The summed E-state index contributed by atoms with van der Waals surface area (Å²) < 4.78 is 18.8.